The highest BCUT2D eigenvalue weighted by molar-refractivity contribution is 5.39. The summed E-state index contributed by atoms with van der Waals surface area (Å²) in [5.74, 6) is 3.09. The van der Waals surface area contributed by atoms with Gasteiger partial charge in [-0.1, -0.05) is 13.8 Å². The SMILES string of the molecule is CCOc1cc(NCCCCN(CC)CC)nc(C2CC2)n1. The molecular weight excluding hydrogens is 276 g/mol. The maximum Gasteiger partial charge on any atom is 0.218 e. The minimum absolute atomic E-state index is 0.545. The summed E-state index contributed by atoms with van der Waals surface area (Å²) in [6.07, 6.45) is 4.79. The van der Waals surface area contributed by atoms with Crippen LogP contribution in [0.4, 0.5) is 5.82 Å². The molecular formula is C17H30N4O. The lowest BCUT2D eigenvalue weighted by molar-refractivity contribution is 0.298. The summed E-state index contributed by atoms with van der Waals surface area (Å²) in [6, 6.07) is 1.92. The van der Waals surface area contributed by atoms with E-state index in [1.54, 1.807) is 0 Å². The van der Waals surface area contributed by atoms with E-state index in [0.717, 1.165) is 37.7 Å². The molecule has 1 aliphatic carbocycles. The van der Waals surface area contributed by atoms with Gasteiger partial charge in [-0.2, -0.15) is 4.98 Å². The third-order valence-electron chi connectivity index (χ3n) is 4.06. The highest BCUT2D eigenvalue weighted by atomic mass is 16.5. The number of rotatable bonds is 11. The molecule has 0 atom stereocenters. The Kier molecular flexibility index (Phi) is 6.90. The molecule has 124 valence electrons. The summed E-state index contributed by atoms with van der Waals surface area (Å²) in [6.45, 7) is 11.5. The zero-order chi connectivity index (χ0) is 15.8. The highest BCUT2D eigenvalue weighted by Gasteiger charge is 2.27. The molecule has 1 N–H and O–H groups in total. The van der Waals surface area contributed by atoms with Crippen molar-refractivity contribution in [3.05, 3.63) is 11.9 Å². The van der Waals surface area contributed by atoms with E-state index in [9.17, 15) is 0 Å². The molecule has 5 heteroatoms. The van der Waals surface area contributed by atoms with Crippen molar-refractivity contribution < 1.29 is 4.74 Å². The normalized spacial score (nSPS) is 14.4. The summed E-state index contributed by atoms with van der Waals surface area (Å²) in [5.41, 5.74) is 0. The number of hydrogen-bond donors (Lipinski definition) is 1. The average Bonchev–Trinajstić information content (AvgIpc) is 3.36. The fraction of sp³-hybridized carbons (Fsp3) is 0.765. The van der Waals surface area contributed by atoms with Gasteiger partial charge in [-0.05, 0) is 52.2 Å². The smallest absolute Gasteiger partial charge is 0.218 e. The number of hydrogen-bond acceptors (Lipinski definition) is 5. The molecule has 0 unspecified atom stereocenters. The summed E-state index contributed by atoms with van der Waals surface area (Å²) < 4.78 is 5.56. The van der Waals surface area contributed by atoms with Crippen LogP contribution in [0, 0.1) is 0 Å². The van der Waals surface area contributed by atoms with Crippen molar-refractivity contribution in [1.29, 1.82) is 0 Å². The van der Waals surface area contributed by atoms with Gasteiger partial charge in [0.05, 0.1) is 6.61 Å². The molecule has 0 bridgehead atoms. The molecule has 0 saturated heterocycles. The van der Waals surface area contributed by atoms with Crippen LogP contribution in [0.1, 0.15) is 58.2 Å². The van der Waals surface area contributed by atoms with Crippen molar-refractivity contribution in [3.8, 4) is 5.88 Å². The lowest BCUT2D eigenvalue weighted by Gasteiger charge is -2.17. The van der Waals surface area contributed by atoms with E-state index in [1.165, 1.54) is 25.8 Å². The highest BCUT2D eigenvalue weighted by Crippen LogP contribution is 2.39. The van der Waals surface area contributed by atoms with Gasteiger partial charge in [-0.25, -0.2) is 4.98 Å². The Bertz CT molecular complexity index is 444. The Hall–Kier alpha value is -1.36. The first-order valence-corrected chi connectivity index (χ1v) is 8.74. The summed E-state index contributed by atoms with van der Waals surface area (Å²) >= 11 is 0. The van der Waals surface area contributed by atoms with Gasteiger partial charge < -0.3 is 15.0 Å². The van der Waals surface area contributed by atoms with E-state index in [2.05, 4.69) is 34.0 Å². The van der Waals surface area contributed by atoms with Gasteiger partial charge in [-0.15, -0.1) is 0 Å². The van der Waals surface area contributed by atoms with Crippen LogP contribution < -0.4 is 10.1 Å². The van der Waals surface area contributed by atoms with Crippen molar-refractivity contribution in [3.63, 3.8) is 0 Å². The summed E-state index contributed by atoms with van der Waals surface area (Å²) in [4.78, 5) is 11.6. The minimum Gasteiger partial charge on any atom is -0.478 e. The fourth-order valence-corrected chi connectivity index (χ4v) is 2.50. The number of unbranched alkanes of at least 4 members (excludes halogenated alkanes) is 1. The first-order chi connectivity index (χ1) is 10.8. The number of nitrogens with one attached hydrogen (secondary N) is 1. The van der Waals surface area contributed by atoms with E-state index < -0.39 is 0 Å². The van der Waals surface area contributed by atoms with E-state index >= 15 is 0 Å². The molecule has 2 rings (SSSR count). The maximum atomic E-state index is 5.56. The molecule has 1 aliphatic rings. The second kappa shape index (κ2) is 8.93. The molecule has 0 aromatic carbocycles. The molecule has 1 saturated carbocycles. The summed E-state index contributed by atoms with van der Waals surface area (Å²) in [5, 5.41) is 3.43. The Labute approximate surface area is 134 Å². The quantitative estimate of drug-likeness (QED) is 0.636. The van der Waals surface area contributed by atoms with Crippen molar-refractivity contribution in [2.45, 2.75) is 52.4 Å². The third kappa shape index (κ3) is 5.44. The summed E-state index contributed by atoms with van der Waals surface area (Å²) in [7, 11) is 0. The second-order valence-corrected chi connectivity index (χ2v) is 5.82. The first-order valence-electron chi connectivity index (χ1n) is 8.74. The predicted molar refractivity (Wildman–Crippen MR) is 90.7 cm³/mol. The number of aromatic nitrogens is 2. The van der Waals surface area contributed by atoms with Crippen molar-refractivity contribution in [2.24, 2.45) is 0 Å². The van der Waals surface area contributed by atoms with Crippen molar-refractivity contribution in [2.75, 3.05) is 38.1 Å². The van der Waals surface area contributed by atoms with Gasteiger partial charge in [0, 0.05) is 18.5 Å². The zero-order valence-corrected chi connectivity index (χ0v) is 14.3. The monoisotopic (exact) mass is 306 g/mol. The molecule has 5 nitrogen and oxygen atoms in total. The maximum absolute atomic E-state index is 5.56. The molecule has 1 fully saturated rings. The van der Waals surface area contributed by atoms with Gasteiger partial charge >= 0.3 is 0 Å². The lowest BCUT2D eigenvalue weighted by atomic mass is 10.3. The van der Waals surface area contributed by atoms with Crippen LogP contribution in [0.15, 0.2) is 6.07 Å². The molecule has 1 aromatic rings. The van der Waals surface area contributed by atoms with Gasteiger partial charge in [0.25, 0.3) is 0 Å². The lowest BCUT2D eigenvalue weighted by Crippen LogP contribution is -2.24. The minimum atomic E-state index is 0.545. The van der Waals surface area contributed by atoms with Crippen molar-refractivity contribution in [1.82, 2.24) is 14.9 Å². The first kappa shape index (κ1) is 17.0. The van der Waals surface area contributed by atoms with Crippen LogP contribution in [0.25, 0.3) is 0 Å². The van der Waals surface area contributed by atoms with Gasteiger partial charge in [0.1, 0.15) is 11.6 Å². The Balaban J connectivity index is 1.79. The van der Waals surface area contributed by atoms with Crippen LogP contribution >= 0.6 is 0 Å². The Morgan fingerprint density at radius 3 is 2.59 bits per heavy atom. The molecule has 0 aliphatic heterocycles. The van der Waals surface area contributed by atoms with Crippen LogP contribution in [0.3, 0.4) is 0 Å². The van der Waals surface area contributed by atoms with E-state index in [0.29, 0.717) is 18.4 Å². The largest absolute Gasteiger partial charge is 0.478 e. The third-order valence-corrected chi connectivity index (χ3v) is 4.06. The Morgan fingerprint density at radius 2 is 1.95 bits per heavy atom. The average molecular weight is 306 g/mol. The molecule has 22 heavy (non-hydrogen) atoms. The number of anilines is 1. The fourth-order valence-electron chi connectivity index (χ4n) is 2.50. The number of ether oxygens (including phenoxy) is 1. The molecule has 0 radical (unpaired) electrons. The van der Waals surface area contributed by atoms with Crippen molar-refractivity contribution >= 4 is 5.82 Å². The molecule has 1 aromatic heterocycles. The van der Waals surface area contributed by atoms with Crippen LogP contribution in [0.2, 0.25) is 0 Å². The molecule has 0 spiro atoms. The standard InChI is InChI=1S/C17H30N4O/c1-4-21(5-2)12-8-7-11-18-15-13-16(22-6-3)20-17(19-15)14-9-10-14/h13-14H,4-12H2,1-3H3,(H,18,19,20). The second-order valence-electron chi connectivity index (χ2n) is 5.82. The van der Waals surface area contributed by atoms with E-state index in [4.69, 9.17) is 4.74 Å². The number of nitrogens with zero attached hydrogens (tertiary/aromatic N) is 3. The van der Waals surface area contributed by atoms with Crippen LogP contribution in [0.5, 0.6) is 5.88 Å². The zero-order valence-electron chi connectivity index (χ0n) is 14.3. The van der Waals surface area contributed by atoms with Crippen LogP contribution in [-0.4, -0.2) is 47.7 Å². The topological polar surface area (TPSA) is 50.3 Å². The van der Waals surface area contributed by atoms with Gasteiger partial charge in [0.15, 0.2) is 0 Å². The predicted octanol–water partition coefficient (Wildman–Crippen LogP) is 3.29. The molecule has 1 heterocycles. The van der Waals surface area contributed by atoms with Gasteiger partial charge in [0.2, 0.25) is 5.88 Å². The molecule has 0 amide bonds. The van der Waals surface area contributed by atoms with Gasteiger partial charge in [-0.3, -0.25) is 0 Å². The van der Waals surface area contributed by atoms with E-state index in [1.807, 2.05) is 13.0 Å². The van der Waals surface area contributed by atoms with Crippen LogP contribution in [-0.2, 0) is 0 Å². The Morgan fingerprint density at radius 1 is 1.18 bits per heavy atom. The van der Waals surface area contributed by atoms with E-state index in [-0.39, 0.29) is 0 Å².